The molecular weight excluding hydrogens is 400 g/mol. The standard InChI is InChI=1S/C31H44N2/c1-9-12-15-20-30-26(6)31(7,8)22-21-29-27(25(5)28(32-29)19-14-11-3)18-16-23-33(30)24(4)17-13-10-2/h9-14,17-21,25,28,32H,3,6,15-16,22-23H2,1-2,4-5,7-8H3/b12-9-,13-10-,19-14-,24-17+,27-18?,29-21?,30-20+. The largest absolute Gasteiger partial charge is 0.378 e. The van der Waals surface area contributed by atoms with Crippen molar-refractivity contribution in [1.29, 1.82) is 0 Å². The fraction of sp³-hybridized carbons (Fsp3) is 0.419. The Balaban J connectivity index is 2.55. The molecule has 0 aromatic carbocycles. The third-order valence-corrected chi connectivity index (χ3v) is 6.71. The predicted octanol–water partition coefficient (Wildman–Crippen LogP) is 8.16. The third-order valence-electron chi connectivity index (χ3n) is 6.71. The van der Waals surface area contributed by atoms with E-state index in [4.69, 9.17) is 0 Å². The summed E-state index contributed by atoms with van der Waals surface area (Å²) in [5, 5.41) is 3.75. The summed E-state index contributed by atoms with van der Waals surface area (Å²) >= 11 is 0. The predicted molar refractivity (Wildman–Crippen MR) is 147 cm³/mol. The molecule has 2 aliphatic rings. The molecule has 0 spiro atoms. The maximum atomic E-state index is 4.63. The Morgan fingerprint density at radius 2 is 1.97 bits per heavy atom. The summed E-state index contributed by atoms with van der Waals surface area (Å²) in [6, 6.07) is 0.304. The van der Waals surface area contributed by atoms with Gasteiger partial charge in [0.2, 0.25) is 0 Å². The lowest BCUT2D eigenvalue weighted by Gasteiger charge is -2.35. The SMILES string of the molecule is C=C/C=C\C1NC2=CCC(C)(C)C(=C)/C(=C\C/C=C\C)N(/C(C)=C/C=C\C)CCC=C2C1C. The van der Waals surface area contributed by atoms with Crippen LogP contribution in [0.1, 0.15) is 60.8 Å². The molecule has 2 rings (SSSR count). The van der Waals surface area contributed by atoms with Gasteiger partial charge < -0.3 is 10.2 Å². The molecule has 178 valence electrons. The number of hydrogen-bond donors (Lipinski definition) is 1. The van der Waals surface area contributed by atoms with E-state index in [0.717, 1.165) is 25.8 Å². The van der Waals surface area contributed by atoms with E-state index in [1.165, 1.54) is 28.2 Å². The number of hydrogen-bond acceptors (Lipinski definition) is 2. The smallest absolute Gasteiger partial charge is 0.0514 e. The topological polar surface area (TPSA) is 15.3 Å². The molecule has 2 unspecified atom stereocenters. The van der Waals surface area contributed by atoms with Gasteiger partial charge in [0.05, 0.1) is 6.04 Å². The van der Waals surface area contributed by atoms with Crippen LogP contribution in [-0.4, -0.2) is 17.5 Å². The van der Waals surface area contributed by atoms with Crippen molar-refractivity contribution in [2.45, 2.75) is 66.8 Å². The summed E-state index contributed by atoms with van der Waals surface area (Å²) < 4.78 is 0. The van der Waals surface area contributed by atoms with Gasteiger partial charge in [-0.25, -0.2) is 0 Å². The monoisotopic (exact) mass is 444 g/mol. The van der Waals surface area contributed by atoms with E-state index >= 15 is 0 Å². The zero-order chi connectivity index (χ0) is 24.4. The molecule has 0 bridgehead atoms. The van der Waals surface area contributed by atoms with Gasteiger partial charge in [-0.3, -0.25) is 0 Å². The van der Waals surface area contributed by atoms with Gasteiger partial charge in [0.15, 0.2) is 0 Å². The summed E-state index contributed by atoms with van der Waals surface area (Å²) in [5.41, 5.74) is 6.31. The van der Waals surface area contributed by atoms with Crippen molar-refractivity contribution in [3.63, 3.8) is 0 Å². The zero-order valence-electron chi connectivity index (χ0n) is 21.7. The Morgan fingerprint density at radius 1 is 1.21 bits per heavy atom. The molecule has 0 aromatic heterocycles. The molecule has 33 heavy (non-hydrogen) atoms. The van der Waals surface area contributed by atoms with E-state index in [2.05, 4.69) is 120 Å². The van der Waals surface area contributed by atoms with Gasteiger partial charge >= 0.3 is 0 Å². The van der Waals surface area contributed by atoms with Crippen LogP contribution in [0.2, 0.25) is 0 Å². The van der Waals surface area contributed by atoms with E-state index in [9.17, 15) is 0 Å². The van der Waals surface area contributed by atoms with Crippen LogP contribution < -0.4 is 5.32 Å². The lowest BCUT2D eigenvalue weighted by Crippen LogP contribution is -2.28. The summed E-state index contributed by atoms with van der Waals surface area (Å²) in [4.78, 5) is 2.46. The number of rotatable bonds is 6. The summed E-state index contributed by atoms with van der Waals surface area (Å²) in [5.74, 6) is 0.428. The summed E-state index contributed by atoms with van der Waals surface area (Å²) in [6.45, 7) is 22.7. The first kappa shape index (κ1) is 26.5. The van der Waals surface area contributed by atoms with E-state index in [1.807, 2.05) is 12.2 Å². The van der Waals surface area contributed by atoms with Gasteiger partial charge in [0.1, 0.15) is 0 Å². The van der Waals surface area contributed by atoms with Crippen LogP contribution in [-0.2, 0) is 0 Å². The molecule has 1 N–H and O–H groups in total. The molecule has 0 radical (unpaired) electrons. The van der Waals surface area contributed by atoms with Gasteiger partial charge in [0, 0.05) is 29.6 Å². The van der Waals surface area contributed by atoms with Crippen LogP contribution >= 0.6 is 0 Å². The van der Waals surface area contributed by atoms with Gasteiger partial charge in [0.25, 0.3) is 0 Å². The summed E-state index contributed by atoms with van der Waals surface area (Å²) in [6.07, 6.45) is 26.8. The maximum Gasteiger partial charge on any atom is 0.0514 e. The van der Waals surface area contributed by atoms with Crippen LogP contribution in [0.15, 0.2) is 108 Å². The second-order valence-electron chi connectivity index (χ2n) is 9.59. The second kappa shape index (κ2) is 12.5. The van der Waals surface area contributed by atoms with Crippen molar-refractivity contribution in [3.05, 3.63) is 108 Å². The number of allylic oxidation sites excluding steroid dienone is 12. The molecule has 1 saturated heterocycles. The highest BCUT2D eigenvalue weighted by atomic mass is 15.1. The lowest BCUT2D eigenvalue weighted by atomic mass is 9.79. The average molecular weight is 445 g/mol. The van der Waals surface area contributed by atoms with Crippen LogP contribution in [0, 0.1) is 11.3 Å². The van der Waals surface area contributed by atoms with Crippen molar-refractivity contribution in [1.82, 2.24) is 10.2 Å². The van der Waals surface area contributed by atoms with E-state index in [0.29, 0.717) is 12.0 Å². The van der Waals surface area contributed by atoms with E-state index in [-0.39, 0.29) is 5.41 Å². The van der Waals surface area contributed by atoms with Gasteiger partial charge in [-0.2, -0.15) is 0 Å². The normalized spacial score (nSPS) is 25.9. The first-order valence-electron chi connectivity index (χ1n) is 12.3. The Morgan fingerprint density at radius 3 is 2.64 bits per heavy atom. The minimum absolute atomic E-state index is 0.0662. The molecule has 0 aliphatic carbocycles. The van der Waals surface area contributed by atoms with Crippen molar-refractivity contribution in [2.24, 2.45) is 11.3 Å². The molecule has 2 atom stereocenters. The zero-order valence-corrected chi connectivity index (χ0v) is 21.7. The van der Waals surface area contributed by atoms with Crippen molar-refractivity contribution in [3.8, 4) is 0 Å². The third kappa shape index (κ3) is 6.87. The van der Waals surface area contributed by atoms with Crippen molar-refractivity contribution in [2.75, 3.05) is 6.54 Å². The van der Waals surface area contributed by atoms with Crippen LogP contribution in [0.4, 0.5) is 0 Å². The quantitative estimate of drug-likeness (QED) is 0.328. The molecule has 2 heterocycles. The molecule has 2 aliphatic heterocycles. The molecule has 2 heteroatoms. The first-order valence-corrected chi connectivity index (χ1v) is 12.3. The van der Waals surface area contributed by atoms with E-state index in [1.54, 1.807) is 0 Å². The summed E-state index contributed by atoms with van der Waals surface area (Å²) in [7, 11) is 0. The van der Waals surface area contributed by atoms with Crippen molar-refractivity contribution < 1.29 is 0 Å². The highest BCUT2D eigenvalue weighted by Crippen LogP contribution is 2.40. The number of nitrogens with zero attached hydrogens (tertiary/aromatic N) is 1. The molecule has 0 amide bonds. The van der Waals surface area contributed by atoms with Gasteiger partial charge in [-0.05, 0) is 62.7 Å². The van der Waals surface area contributed by atoms with Crippen LogP contribution in [0.5, 0.6) is 0 Å². The van der Waals surface area contributed by atoms with Crippen LogP contribution in [0.3, 0.4) is 0 Å². The number of fused-ring (bicyclic) bond motifs is 1. The molecule has 0 aromatic rings. The van der Waals surface area contributed by atoms with Crippen LogP contribution in [0.25, 0.3) is 0 Å². The van der Waals surface area contributed by atoms with Crippen molar-refractivity contribution >= 4 is 0 Å². The molecule has 1 fully saturated rings. The maximum absolute atomic E-state index is 4.63. The first-order chi connectivity index (χ1) is 15.8. The highest BCUT2D eigenvalue weighted by molar-refractivity contribution is 5.42. The minimum Gasteiger partial charge on any atom is -0.378 e. The highest BCUT2D eigenvalue weighted by Gasteiger charge is 2.32. The Labute approximate surface area is 203 Å². The van der Waals surface area contributed by atoms with E-state index < -0.39 is 0 Å². The van der Waals surface area contributed by atoms with Gasteiger partial charge in [-0.15, -0.1) is 0 Å². The Kier molecular flexibility index (Phi) is 10.0. The number of nitrogens with one attached hydrogen (secondary N) is 1. The molecule has 2 nitrogen and oxygen atoms in total. The second-order valence-corrected chi connectivity index (χ2v) is 9.59. The average Bonchev–Trinajstić information content (AvgIpc) is 3.08. The Hall–Kier alpha value is -2.74. The molecule has 0 saturated carbocycles. The fourth-order valence-corrected chi connectivity index (χ4v) is 4.41. The Bertz CT molecular complexity index is 915. The molecular formula is C31H44N2. The van der Waals surface area contributed by atoms with Gasteiger partial charge in [-0.1, -0.05) is 94.7 Å². The fourth-order valence-electron chi connectivity index (χ4n) is 4.41. The lowest BCUT2D eigenvalue weighted by molar-refractivity contribution is 0.388. The minimum atomic E-state index is -0.0662.